The lowest BCUT2D eigenvalue weighted by Crippen LogP contribution is -2.22. The van der Waals surface area contributed by atoms with Crippen molar-refractivity contribution in [3.05, 3.63) is 22.7 Å². The number of nitrogen functional groups attached to an aromatic ring is 1. The molecule has 1 aliphatic carbocycles. The molecule has 0 atom stereocenters. The molecule has 2 rings (SSSR count). The SMILES string of the molecule is Nc1cc(C=O)c(Cl)cc1NC1CCCCC1. The number of carbonyl (C=O) groups is 1. The summed E-state index contributed by atoms with van der Waals surface area (Å²) >= 11 is 5.99. The highest BCUT2D eigenvalue weighted by atomic mass is 35.5. The predicted molar refractivity (Wildman–Crippen MR) is 71.7 cm³/mol. The van der Waals surface area contributed by atoms with Crippen LogP contribution in [0.5, 0.6) is 0 Å². The molecule has 0 heterocycles. The Kier molecular flexibility index (Phi) is 3.89. The number of halogens is 1. The third-order valence-corrected chi connectivity index (χ3v) is 3.59. The molecule has 4 heteroatoms. The van der Waals surface area contributed by atoms with Gasteiger partial charge in [0, 0.05) is 11.6 Å². The molecule has 3 N–H and O–H groups in total. The van der Waals surface area contributed by atoms with Crippen molar-refractivity contribution in [1.82, 2.24) is 0 Å². The lowest BCUT2D eigenvalue weighted by molar-refractivity contribution is 0.112. The summed E-state index contributed by atoms with van der Waals surface area (Å²) in [5, 5.41) is 3.87. The molecule has 0 radical (unpaired) electrons. The van der Waals surface area contributed by atoms with Crippen LogP contribution in [-0.4, -0.2) is 12.3 Å². The largest absolute Gasteiger partial charge is 0.397 e. The Labute approximate surface area is 106 Å². The Morgan fingerprint density at radius 3 is 2.65 bits per heavy atom. The summed E-state index contributed by atoms with van der Waals surface area (Å²) in [5.74, 6) is 0. The van der Waals surface area contributed by atoms with Crippen LogP contribution < -0.4 is 11.1 Å². The predicted octanol–water partition coefficient (Wildman–Crippen LogP) is 3.48. The normalized spacial score (nSPS) is 16.8. The molecule has 0 aromatic heterocycles. The molecule has 1 aromatic rings. The maximum atomic E-state index is 10.7. The maximum absolute atomic E-state index is 10.7. The molecule has 0 spiro atoms. The van der Waals surface area contributed by atoms with Gasteiger partial charge in [0.05, 0.1) is 16.4 Å². The van der Waals surface area contributed by atoms with Crippen molar-refractivity contribution in [3.8, 4) is 0 Å². The van der Waals surface area contributed by atoms with E-state index in [9.17, 15) is 4.79 Å². The van der Waals surface area contributed by atoms with E-state index in [2.05, 4.69) is 5.32 Å². The summed E-state index contributed by atoms with van der Waals surface area (Å²) in [7, 11) is 0. The summed E-state index contributed by atoms with van der Waals surface area (Å²) < 4.78 is 0. The van der Waals surface area contributed by atoms with Gasteiger partial charge in [-0.3, -0.25) is 4.79 Å². The second-order valence-electron chi connectivity index (χ2n) is 4.56. The van der Waals surface area contributed by atoms with Crippen molar-refractivity contribution in [2.24, 2.45) is 0 Å². The first kappa shape index (κ1) is 12.2. The molecular weight excluding hydrogens is 236 g/mol. The zero-order valence-corrected chi connectivity index (χ0v) is 10.5. The molecule has 1 aliphatic rings. The molecular formula is C13H17ClN2O. The van der Waals surface area contributed by atoms with Crippen molar-refractivity contribution in [3.63, 3.8) is 0 Å². The van der Waals surface area contributed by atoms with E-state index in [4.69, 9.17) is 17.3 Å². The molecule has 1 fully saturated rings. The Morgan fingerprint density at radius 1 is 1.29 bits per heavy atom. The maximum Gasteiger partial charge on any atom is 0.151 e. The lowest BCUT2D eigenvalue weighted by Gasteiger charge is -2.24. The van der Waals surface area contributed by atoms with Crippen molar-refractivity contribution in [1.29, 1.82) is 0 Å². The van der Waals surface area contributed by atoms with E-state index in [1.807, 2.05) is 0 Å². The fourth-order valence-corrected chi connectivity index (χ4v) is 2.50. The van der Waals surface area contributed by atoms with E-state index < -0.39 is 0 Å². The Morgan fingerprint density at radius 2 is 2.00 bits per heavy atom. The third kappa shape index (κ3) is 2.91. The number of benzene rings is 1. The zero-order valence-electron chi connectivity index (χ0n) is 9.71. The molecule has 0 unspecified atom stereocenters. The molecule has 0 bridgehead atoms. The van der Waals surface area contributed by atoms with Gasteiger partial charge in [-0.05, 0) is 25.0 Å². The minimum Gasteiger partial charge on any atom is -0.397 e. The summed E-state index contributed by atoms with van der Waals surface area (Å²) in [6.45, 7) is 0. The number of carbonyl (C=O) groups excluding carboxylic acids is 1. The molecule has 0 amide bonds. The Balaban J connectivity index is 2.14. The average molecular weight is 253 g/mol. The Hall–Kier alpha value is -1.22. The Bertz CT molecular complexity index is 414. The van der Waals surface area contributed by atoms with E-state index in [1.54, 1.807) is 12.1 Å². The van der Waals surface area contributed by atoms with Gasteiger partial charge in [-0.25, -0.2) is 0 Å². The number of aldehydes is 1. The molecule has 1 aromatic carbocycles. The number of nitrogens with one attached hydrogen (secondary N) is 1. The summed E-state index contributed by atoms with van der Waals surface area (Å²) in [5.41, 5.74) is 7.77. The number of nitrogens with two attached hydrogens (primary N) is 1. The van der Waals surface area contributed by atoms with Crippen LogP contribution in [-0.2, 0) is 0 Å². The van der Waals surface area contributed by atoms with E-state index in [0.717, 1.165) is 12.0 Å². The monoisotopic (exact) mass is 252 g/mol. The van der Waals surface area contributed by atoms with Crippen LogP contribution in [0.3, 0.4) is 0 Å². The van der Waals surface area contributed by atoms with Gasteiger partial charge in [0.25, 0.3) is 0 Å². The molecule has 92 valence electrons. The van der Waals surface area contributed by atoms with Gasteiger partial charge < -0.3 is 11.1 Å². The molecule has 1 saturated carbocycles. The minimum atomic E-state index is 0.443. The number of rotatable bonds is 3. The summed E-state index contributed by atoms with van der Waals surface area (Å²) in [6, 6.07) is 3.85. The van der Waals surface area contributed by atoms with Crippen LogP contribution in [0.25, 0.3) is 0 Å². The number of hydrogen-bond acceptors (Lipinski definition) is 3. The first-order valence-corrected chi connectivity index (χ1v) is 6.39. The van der Waals surface area contributed by atoms with Crippen molar-refractivity contribution in [2.45, 2.75) is 38.1 Å². The first-order valence-electron chi connectivity index (χ1n) is 6.01. The molecule has 0 aliphatic heterocycles. The van der Waals surface area contributed by atoms with Crippen LogP contribution in [0.15, 0.2) is 12.1 Å². The van der Waals surface area contributed by atoms with Gasteiger partial charge in [-0.1, -0.05) is 30.9 Å². The topological polar surface area (TPSA) is 55.1 Å². The third-order valence-electron chi connectivity index (χ3n) is 3.26. The molecule has 17 heavy (non-hydrogen) atoms. The highest BCUT2D eigenvalue weighted by Gasteiger charge is 2.15. The fraction of sp³-hybridized carbons (Fsp3) is 0.462. The van der Waals surface area contributed by atoms with Crippen molar-refractivity contribution >= 4 is 29.3 Å². The second-order valence-corrected chi connectivity index (χ2v) is 4.97. The average Bonchev–Trinajstić information content (AvgIpc) is 2.34. The highest BCUT2D eigenvalue weighted by molar-refractivity contribution is 6.33. The zero-order chi connectivity index (χ0) is 12.3. The molecule has 3 nitrogen and oxygen atoms in total. The van der Waals surface area contributed by atoms with Gasteiger partial charge in [-0.15, -0.1) is 0 Å². The standard InChI is InChI=1S/C13H17ClN2O/c14-11-7-13(12(15)6-9(11)8-17)16-10-4-2-1-3-5-10/h6-8,10,16H,1-5,15H2. The van der Waals surface area contributed by atoms with Gasteiger partial charge in [-0.2, -0.15) is 0 Å². The van der Waals surface area contributed by atoms with Gasteiger partial charge in [0.1, 0.15) is 0 Å². The van der Waals surface area contributed by atoms with E-state index in [-0.39, 0.29) is 0 Å². The first-order chi connectivity index (χ1) is 8.20. The molecule has 0 saturated heterocycles. The lowest BCUT2D eigenvalue weighted by atomic mass is 9.95. The van der Waals surface area contributed by atoms with E-state index in [0.29, 0.717) is 22.3 Å². The van der Waals surface area contributed by atoms with E-state index in [1.165, 1.54) is 32.1 Å². The van der Waals surface area contributed by atoms with Crippen molar-refractivity contribution in [2.75, 3.05) is 11.1 Å². The van der Waals surface area contributed by atoms with Gasteiger partial charge in [0.2, 0.25) is 0 Å². The van der Waals surface area contributed by atoms with Crippen LogP contribution in [0.2, 0.25) is 5.02 Å². The summed E-state index contributed by atoms with van der Waals surface area (Å²) in [6.07, 6.45) is 6.91. The van der Waals surface area contributed by atoms with Crippen molar-refractivity contribution < 1.29 is 4.79 Å². The van der Waals surface area contributed by atoms with Crippen LogP contribution >= 0.6 is 11.6 Å². The second kappa shape index (κ2) is 5.41. The van der Waals surface area contributed by atoms with Gasteiger partial charge in [0.15, 0.2) is 6.29 Å². The quantitative estimate of drug-likeness (QED) is 0.640. The highest BCUT2D eigenvalue weighted by Crippen LogP contribution is 2.29. The summed E-state index contributed by atoms with van der Waals surface area (Å²) in [4.78, 5) is 10.7. The fourth-order valence-electron chi connectivity index (χ4n) is 2.29. The smallest absolute Gasteiger partial charge is 0.151 e. The number of anilines is 2. The van der Waals surface area contributed by atoms with E-state index >= 15 is 0 Å². The minimum absolute atomic E-state index is 0.443. The van der Waals surface area contributed by atoms with Crippen LogP contribution in [0, 0.1) is 0 Å². The number of hydrogen-bond donors (Lipinski definition) is 2. The van der Waals surface area contributed by atoms with Crippen LogP contribution in [0.4, 0.5) is 11.4 Å². The van der Waals surface area contributed by atoms with Crippen LogP contribution in [0.1, 0.15) is 42.5 Å². The van der Waals surface area contributed by atoms with Gasteiger partial charge >= 0.3 is 0 Å².